The minimum Gasteiger partial charge on any atom is -0.427 e. The molecule has 16 nitrogen and oxygen atoms in total. The van der Waals surface area contributed by atoms with Gasteiger partial charge in [0, 0.05) is 43.6 Å². The number of primary amides is 1. The second kappa shape index (κ2) is 24.6. The van der Waals surface area contributed by atoms with Gasteiger partial charge in [0.15, 0.2) is 23.1 Å². The second-order valence-corrected chi connectivity index (χ2v) is 14.7. The number of aryl methyl sites for hydroxylation is 1. The number of rotatable bonds is 27. The van der Waals surface area contributed by atoms with Crippen LogP contribution in [0.5, 0.6) is 0 Å². The summed E-state index contributed by atoms with van der Waals surface area (Å²) in [4.78, 5) is 101. The van der Waals surface area contributed by atoms with Gasteiger partial charge in [0.1, 0.15) is 6.04 Å². The Morgan fingerprint density at radius 2 is 1.33 bits per heavy atom. The maximum absolute atomic E-state index is 13.0. The number of unbranched alkanes of at least 4 members (excludes halogenated alkanes) is 1. The van der Waals surface area contributed by atoms with Crippen molar-refractivity contribution in [3.8, 4) is 11.1 Å². The Balaban J connectivity index is 1.89. The number of hydrogen-bond donors (Lipinski definition) is 8. The predicted octanol–water partition coefficient (Wildman–Crippen LogP) is 0.985. The Morgan fingerprint density at radius 3 is 1.86 bits per heavy atom. The summed E-state index contributed by atoms with van der Waals surface area (Å²) in [6, 6.07) is 11.2. The summed E-state index contributed by atoms with van der Waals surface area (Å²) in [5.41, 5.74) is 8.70. The van der Waals surface area contributed by atoms with Crippen LogP contribution in [0.25, 0.3) is 11.1 Å². The van der Waals surface area contributed by atoms with Gasteiger partial charge in [0.25, 0.3) is 0 Å². The third-order valence-corrected chi connectivity index (χ3v) is 9.64. The fourth-order valence-corrected chi connectivity index (χ4v) is 5.98. The molecule has 0 bridgehead atoms. The molecule has 1 unspecified atom stereocenters. The molecule has 0 fully saturated rings. The van der Waals surface area contributed by atoms with E-state index in [1.165, 1.54) is 26.3 Å². The summed E-state index contributed by atoms with van der Waals surface area (Å²) >= 11 is 0. The molecule has 0 saturated heterocycles. The number of nitrogens with two attached hydrogens (primary N) is 1. The number of aliphatic hydroxyl groups excluding tert-OH is 2. The summed E-state index contributed by atoms with van der Waals surface area (Å²) in [5.74, 6) is -7.81. The SMILES string of the molecule is CCCCc1ccc(-c2ccc(C(=O)C[C@H](CO)C(=O)N[C@H](C)C(=O)CCC(=O)N[C@H](C(=O)C[C@@H](C)C(=O)N[C@@H](CC(N)=O)C(=O)CCB(O)O)C(C)O)cc2)cc1. The summed E-state index contributed by atoms with van der Waals surface area (Å²) < 4.78 is 0. The van der Waals surface area contributed by atoms with Gasteiger partial charge in [-0.05, 0) is 49.7 Å². The number of hydrogen-bond acceptors (Lipinski definition) is 12. The highest BCUT2D eigenvalue weighted by molar-refractivity contribution is 6.41. The van der Waals surface area contributed by atoms with Crippen molar-refractivity contribution in [3.63, 3.8) is 0 Å². The molecule has 0 aromatic heterocycles. The summed E-state index contributed by atoms with van der Waals surface area (Å²) in [6.45, 7) is 5.45. The van der Waals surface area contributed by atoms with Crippen molar-refractivity contribution in [2.45, 2.75) is 116 Å². The van der Waals surface area contributed by atoms with Crippen LogP contribution in [0.15, 0.2) is 48.5 Å². The summed E-state index contributed by atoms with van der Waals surface area (Å²) in [6.07, 6.45) is -1.05. The third kappa shape index (κ3) is 16.8. The van der Waals surface area contributed by atoms with Gasteiger partial charge in [0.2, 0.25) is 23.6 Å². The minimum absolute atomic E-state index is 0.312. The van der Waals surface area contributed by atoms with Gasteiger partial charge < -0.3 is 41.9 Å². The summed E-state index contributed by atoms with van der Waals surface area (Å²) in [5, 5.41) is 45.4. The van der Waals surface area contributed by atoms with Crippen LogP contribution < -0.4 is 21.7 Å². The number of ketones is 4. The molecule has 0 radical (unpaired) electrons. The quantitative estimate of drug-likeness (QED) is 0.0464. The smallest absolute Gasteiger partial charge is 0.427 e. The van der Waals surface area contributed by atoms with E-state index in [-0.39, 0.29) is 31.4 Å². The predicted molar refractivity (Wildman–Crippen MR) is 215 cm³/mol. The fraction of sp³-hybridized carbons (Fsp3) is 0.512. The highest BCUT2D eigenvalue weighted by Gasteiger charge is 2.31. The lowest BCUT2D eigenvalue weighted by Crippen LogP contribution is -2.50. The number of benzene rings is 2. The molecule has 9 N–H and O–H groups in total. The fourth-order valence-electron chi connectivity index (χ4n) is 5.98. The highest BCUT2D eigenvalue weighted by Crippen LogP contribution is 2.22. The first kappa shape index (κ1) is 49.1. The Morgan fingerprint density at radius 1 is 0.724 bits per heavy atom. The molecular weight excluding hydrogens is 751 g/mol. The number of Topliss-reactive ketones (excluding diaryl/α,β-unsaturated/α-hetero) is 4. The molecule has 0 spiro atoms. The highest BCUT2D eigenvalue weighted by atomic mass is 16.4. The van der Waals surface area contributed by atoms with Crippen LogP contribution in [0.3, 0.4) is 0 Å². The molecule has 2 rings (SSSR count). The standard InChI is InChI=1S/C41H57BN4O12/c1-5-6-7-27-8-10-28(11-9-27)29-12-14-30(15-13-29)35(51)21-31(23-47)41(56)44-25(3)33(49)16-17-38(54)46-39(26(4)48)36(52)20-24(2)40(55)45-32(22-37(43)53)34(50)18-19-42(57)58/h8-15,24-26,31-32,39,47-48,57-58H,5-7,16-23H2,1-4H3,(H2,43,53)(H,44,56)(H,45,55)(H,46,54)/t24-,25-,26?,31-,32+,39+/m1/s1. The molecule has 17 heteroatoms. The second-order valence-electron chi connectivity index (χ2n) is 14.7. The molecule has 6 atom stereocenters. The van der Waals surface area contributed by atoms with Crippen molar-refractivity contribution in [1.29, 1.82) is 0 Å². The van der Waals surface area contributed by atoms with E-state index < -0.39 is 110 Å². The molecule has 316 valence electrons. The van der Waals surface area contributed by atoms with E-state index in [0.717, 1.165) is 30.4 Å². The van der Waals surface area contributed by atoms with Crippen molar-refractivity contribution in [3.05, 3.63) is 59.7 Å². The largest absolute Gasteiger partial charge is 0.451 e. The Bertz CT molecular complexity index is 1730. The van der Waals surface area contributed by atoms with Gasteiger partial charge in [-0.25, -0.2) is 0 Å². The topological polar surface area (TPSA) is 280 Å². The zero-order valence-electron chi connectivity index (χ0n) is 33.6. The van der Waals surface area contributed by atoms with Crippen LogP contribution in [0, 0.1) is 11.8 Å². The lowest BCUT2D eigenvalue weighted by atomic mass is 9.82. The van der Waals surface area contributed by atoms with Crippen LogP contribution >= 0.6 is 0 Å². The van der Waals surface area contributed by atoms with Crippen molar-refractivity contribution >= 4 is 53.9 Å². The van der Waals surface area contributed by atoms with Crippen LogP contribution in [0.4, 0.5) is 0 Å². The van der Waals surface area contributed by atoms with E-state index in [2.05, 4.69) is 35.0 Å². The van der Waals surface area contributed by atoms with Crippen LogP contribution in [-0.2, 0) is 40.0 Å². The normalized spacial score (nSPS) is 14.1. The van der Waals surface area contributed by atoms with Crippen molar-refractivity contribution in [2.24, 2.45) is 17.6 Å². The number of carbonyl (C=O) groups excluding carboxylic acids is 8. The number of nitrogens with one attached hydrogen (secondary N) is 3. The maximum atomic E-state index is 13.0. The molecule has 0 aliphatic carbocycles. The lowest BCUT2D eigenvalue weighted by Gasteiger charge is -2.23. The Kier molecular flexibility index (Phi) is 20.8. The van der Waals surface area contributed by atoms with Gasteiger partial charge in [0.05, 0.1) is 37.1 Å². The van der Waals surface area contributed by atoms with E-state index >= 15 is 0 Å². The number of aliphatic hydroxyl groups is 2. The molecule has 0 aliphatic heterocycles. The summed E-state index contributed by atoms with van der Waals surface area (Å²) in [7, 11) is -1.78. The van der Waals surface area contributed by atoms with Gasteiger partial charge in [-0.15, -0.1) is 0 Å². The van der Waals surface area contributed by atoms with Crippen molar-refractivity contribution < 1.29 is 58.6 Å². The Hall–Kier alpha value is -5.10. The molecule has 0 aliphatic rings. The molecule has 2 aromatic carbocycles. The van der Waals surface area contributed by atoms with Crippen LogP contribution in [0.2, 0.25) is 6.32 Å². The first-order valence-corrected chi connectivity index (χ1v) is 19.5. The minimum atomic E-state index is -1.78. The van der Waals surface area contributed by atoms with Crippen LogP contribution in [0.1, 0.15) is 95.0 Å². The molecule has 0 saturated carbocycles. The van der Waals surface area contributed by atoms with Crippen molar-refractivity contribution in [2.75, 3.05) is 6.61 Å². The molecule has 0 heterocycles. The van der Waals surface area contributed by atoms with Gasteiger partial charge in [-0.3, -0.25) is 38.4 Å². The number of carbonyl (C=O) groups is 8. The van der Waals surface area contributed by atoms with E-state index in [4.69, 9.17) is 15.8 Å². The zero-order valence-corrected chi connectivity index (χ0v) is 33.6. The first-order valence-electron chi connectivity index (χ1n) is 19.5. The van der Waals surface area contributed by atoms with Crippen LogP contribution in [-0.4, -0.2) is 105 Å². The number of amides is 4. The van der Waals surface area contributed by atoms with Gasteiger partial charge in [-0.1, -0.05) is 68.8 Å². The van der Waals surface area contributed by atoms with E-state index in [1.54, 1.807) is 12.1 Å². The van der Waals surface area contributed by atoms with Gasteiger partial charge >= 0.3 is 7.12 Å². The lowest BCUT2D eigenvalue weighted by molar-refractivity contribution is -0.135. The molecule has 58 heavy (non-hydrogen) atoms. The van der Waals surface area contributed by atoms with E-state index in [0.29, 0.717) is 5.56 Å². The maximum Gasteiger partial charge on any atom is 0.451 e. The molecular formula is C41H57BN4O12. The van der Waals surface area contributed by atoms with Gasteiger partial charge in [-0.2, -0.15) is 0 Å². The molecule has 4 amide bonds. The average molecular weight is 809 g/mol. The molecule has 2 aromatic rings. The Labute approximate surface area is 338 Å². The monoisotopic (exact) mass is 808 g/mol. The average Bonchev–Trinajstić information content (AvgIpc) is 3.18. The van der Waals surface area contributed by atoms with E-state index in [9.17, 15) is 48.6 Å². The van der Waals surface area contributed by atoms with Crippen molar-refractivity contribution in [1.82, 2.24) is 16.0 Å². The third-order valence-electron chi connectivity index (χ3n) is 9.64. The zero-order chi connectivity index (χ0) is 43.5. The van der Waals surface area contributed by atoms with E-state index in [1.807, 2.05) is 24.3 Å². The first-order chi connectivity index (χ1) is 27.4.